The second-order valence-electron chi connectivity index (χ2n) is 1.60. The first-order chi connectivity index (χ1) is 4.33. The van der Waals surface area contributed by atoms with Gasteiger partial charge in [0.2, 0.25) is 0 Å². The van der Waals surface area contributed by atoms with Gasteiger partial charge in [0, 0.05) is 0 Å². The van der Waals surface area contributed by atoms with Crippen molar-refractivity contribution in [3.8, 4) is 0 Å². The Kier molecular flexibility index (Phi) is 1.53. The van der Waals surface area contributed by atoms with E-state index in [0.29, 0.717) is 5.82 Å². The Morgan fingerprint density at radius 3 is 2.78 bits per heavy atom. The Balaban J connectivity index is 3.07. The fraction of sp³-hybridized carbons (Fsp3) is 0.167. The van der Waals surface area contributed by atoms with Crippen LogP contribution in [0.1, 0.15) is 11.6 Å². The Morgan fingerprint density at radius 2 is 2.33 bits per heavy atom. The van der Waals surface area contributed by atoms with Crippen molar-refractivity contribution in [3.63, 3.8) is 0 Å². The van der Waals surface area contributed by atoms with Crippen LogP contribution < -0.4 is 0 Å². The summed E-state index contributed by atoms with van der Waals surface area (Å²) in [5, 5.41) is 0. The third-order valence-corrected chi connectivity index (χ3v) is 0.894. The minimum atomic E-state index is 0.627. The lowest BCUT2D eigenvalue weighted by Gasteiger charge is -1.89. The molecule has 0 N–H and O–H groups in total. The number of nitrogens with zero attached hydrogens (tertiary/aromatic N) is 3. The van der Waals surface area contributed by atoms with E-state index in [4.69, 9.17) is 0 Å². The number of hydrogen-bond donors (Lipinski definition) is 0. The third kappa shape index (κ3) is 1.32. The summed E-state index contributed by atoms with van der Waals surface area (Å²) < 4.78 is 0. The second-order valence-corrected chi connectivity index (χ2v) is 1.60. The maximum atomic E-state index is 3.95. The van der Waals surface area contributed by atoms with E-state index in [1.54, 1.807) is 6.08 Å². The molecule has 0 aromatic carbocycles. The van der Waals surface area contributed by atoms with Crippen LogP contribution in [0.25, 0.3) is 6.08 Å². The molecule has 0 atom stereocenters. The van der Waals surface area contributed by atoms with E-state index in [1.807, 2.05) is 6.92 Å². The van der Waals surface area contributed by atoms with Gasteiger partial charge >= 0.3 is 0 Å². The number of aromatic nitrogens is 3. The minimum absolute atomic E-state index is 0.627. The van der Waals surface area contributed by atoms with E-state index in [2.05, 4.69) is 21.5 Å². The van der Waals surface area contributed by atoms with Gasteiger partial charge in [-0.25, -0.2) is 15.0 Å². The summed E-state index contributed by atoms with van der Waals surface area (Å²) in [6.07, 6.45) is 3.06. The van der Waals surface area contributed by atoms with Gasteiger partial charge in [0.15, 0.2) is 5.82 Å². The predicted molar refractivity (Wildman–Crippen MR) is 34.7 cm³/mol. The van der Waals surface area contributed by atoms with Crippen molar-refractivity contribution < 1.29 is 0 Å². The molecule has 1 aromatic heterocycles. The predicted octanol–water partition coefficient (Wildman–Crippen LogP) is 0.823. The summed E-state index contributed by atoms with van der Waals surface area (Å²) >= 11 is 0. The lowest BCUT2D eigenvalue weighted by molar-refractivity contribution is 0.959. The highest BCUT2D eigenvalue weighted by molar-refractivity contribution is 5.34. The highest BCUT2D eigenvalue weighted by Gasteiger charge is 1.87. The highest BCUT2D eigenvalue weighted by atomic mass is 15.0. The molecule has 0 bridgehead atoms. The summed E-state index contributed by atoms with van der Waals surface area (Å²) in [6, 6.07) is 0. The van der Waals surface area contributed by atoms with Crippen LogP contribution in [-0.2, 0) is 0 Å². The van der Waals surface area contributed by atoms with Crippen LogP contribution in [0.3, 0.4) is 0 Å². The molecule has 0 saturated heterocycles. The summed E-state index contributed by atoms with van der Waals surface area (Å²) in [4.78, 5) is 11.6. The molecule has 0 aliphatic heterocycles. The zero-order valence-electron chi connectivity index (χ0n) is 5.20. The zero-order chi connectivity index (χ0) is 6.69. The largest absolute Gasteiger partial charge is 0.222 e. The van der Waals surface area contributed by atoms with E-state index >= 15 is 0 Å². The molecular formula is C6H7N3. The van der Waals surface area contributed by atoms with Gasteiger partial charge in [0.25, 0.3) is 0 Å². The molecule has 46 valence electrons. The second kappa shape index (κ2) is 2.35. The molecule has 3 nitrogen and oxygen atoms in total. The quantitative estimate of drug-likeness (QED) is 0.552. The smallest absolute Gasteiger partial charge is 0.155 e. The minimum Gasteiger partial charge on any atom is -0.222 e. The Labute approximate surface area is 53.5 Å². The maximum absolute atomic E-state index is 3.95. The molecule has 0 radical (unpaired) electrons. The van der Waals surface area contributed by atoms with Crippen molar-refractivity contribution >= 4 is 6.08 Å². The molecule has 0 saturated carbocycles. The Morgan fingerprint density at radius 1 is 1.56 bits per heavy atom. The lowest BCUT2D eigenvalue weighted by Crippen LogP contribution is -1.91. The SMILES string of the molecule is C=Cc1ncnc(C)n1. The summed E-state index contributed by atoms with van der Waals surface area (Å²) in [5.74, 6) is 1.35. The fourth-order valence-electron chi connectivity index (χ4n) is 0.493. The molecule has 0 amide bonds. The van der Waals surface area contributed by atoms with Crippen molar-refractivity contribution in [1.82, 2.24) is 15.0 Å². The van der Waals surface area contributed by atoms with Crippen LogP contribution in [0.5, 0.6) is 0 Å². The monoisotopic (exact) mass is 121 g/mol. The van der Waals surface area contributed by atoms with Crippen molar-refractivity contribution in [1.29, 1.82) is 0 Å². The molecule has 1 rings (SSSR count). The Bertz CT molecular complexity index is 219. The number of hydrogen-bond acceptors (Lipinski definition) is 3. The Hall–Kier alpha value is -1.25. The number of rotatable bonds is 1. The van der Waals surface area contributed by atoms with Gasteiger partial charge < -0.3 is 0 Å². The first kappa shape index (κ1) is 5.88. The van der Waals surface area contributed by atoms with E-state index in [-0.39, 0.29) is 0 Å². The van der Waals surface area contributed by atoms with Crippen LogP contribution in [0.15, 0.2) is 12.9 Å². The molecule has 3 heteroatoms. The van der Waals surface area contributed by atoms with Crippen molar-refractivity contribution in [2.24, 2.45) is 0 Å². The van der Waals surface area contributed by atoms with E-state index in [0.717, 1.165) is 5.82 Å². The first-order valence-electron chi connectivity index (χ1n) is 2.61. The first-order valence-corrected chi connectivity index (χ1v) is 2.61. The molecule has 1 heterocycles. The maximum Gasteiger partial charge on any atom is 0.155 e. The molecule has 0 fully saturated rings. The number of aryl methyl sites for hydroxylation is 1. The molecule has 0 aliphatic rings. The average Bonchev–Trinajstić information content (AvgIpc) is 1.88. The summed E-state index contributed by atoms with van der Waals surface area (Å²) in [6.45, 7) is 5.33. The molecule has 9 heavy (non-hydrogen) atoms. The average molecular weight is 121 g/mol. The van der Waals surface area contributed by atoms with Crippen LogP contribution >= 0.6 is 0 Å². The van der Waals surface area contributed by atoms with Crippen LogP contribution in [0.2, 0.25) is 0 Å². The molecule has 1 aromatic rings. The lowest BCUT2D eigenvalue weighted by atomic mass is 10.6. The van der Waals surface area contributed by atoms with Crippen molar-refractivity contribution in [2.45, 2.75) is 6.92 Å². The molecule has 0 unspecified atom stereocenters. The van der Waals surface area contributed by atoms with E-state index in [9.17, 15) is 0 Å². The van der Waals surface area contributed by atoms with Crippen LogP contribution in [0.4, 0.5) is 0 Å². The molecular weight excluding hydrogens is 114 g/mol. The highest BCUT2D eigenvalue weighted by Crippen LogP contribution is 1.88. The topological polar surface area (TPSA) is 38.7 Å². The molecule has 0 aliphatic carbocycles. The third-order valence-electron chi connectivity index (χ3n) is 0.894. The normalized spacial score (nSPS) is 9.00. The summed E-state index contributed by atoms with van der Waals surface area (Å²) in [5.41, 5.74) is 0. The van der Waals surface area contributed by atoms with Gasteiger partial charge in [-0.1, -0.05) is 6.58 Å². The van der Waals surface area contributed by atoms with Gasteiger partial charge in [-0.05, 0) is 13.0 Å². The van der Waals surface area contributed by atoms with Gasteiger partial charge in [-0.15, -0.1) is 0 Å². The van der Waals surface area contributed by atoms with Crippen molar-refractivity contribution in [2.75, 3.05) is 0 Å². The molecule has 0 spiro atoms. The fourth-order valence-corrected chi connectivity index (χ4v) is 0.493. The van der Waals surface area contributed by atoms with Gasteiger partial charge in [-0.3, -0.25) is 0 Å². The van der Waals surface area contributed by atoms with Gasteiger partial charge in [0.05, 0.1) is 0 Å². The van der Waals surface area contributed by atoms with Crippen molar-refractivity contribution in [3.05, 3.63) is 24.6 Å². The van der Waals surface area contributed by atoms with Crippen LogP contribution in [0, 0.1) is 6.92 Å². The van der Waals surface area contributed by atoms with E-state index < -0.39 is 0 Å². The summed E-state index contributed by atoms with van der Waals surface area (Å²) in [7, 11) is 0. The zero-order valence-corrected chi connectivity index (χ0v) is 5.20. The van der Waals surface area contributed by atoms with E-state index in [1.165, 1.54) is 6.33 Å². The van der Waals surface area contributed by atoms with Gasteiger partial charge in [0.1, 0.15) is 12.2 Å². The van der Waals surface area contributed by atoms with Crippen LogP contribution in [-0.4, -0.2) is 15.0 Å². The van der Waals surface area contributed by atoms with Gasteiger partial charge in [-0.2, -0.15) is 0 Å². The standard InChI is InChI=1S/C6H7N3/c1-3-6-8-4-7-5(2)9-6/h3-4H,1H2,2H3.